The van der Waals surface area contributed by atoms with Gasteiger partial charge in [0.1, 0.15) is 29.7 Å². The minimum atomic E-state index is 0.380. The third kappa shape index (κ3) is 2.76. The summed E-state index contributed by atoms with van der Waals surface area (Å²) in [5, 5.41) is 17.3. The number of hydrogen-bond donors (Lipinski definition) is 0. The number of rotatable bonds is 4. The van der Waals surface area contributed by atoms with E-state index in [9.17, 15) is 0 Å². The fourth-order valence-electron chi connectivity index (χ4n) is 3.65. The van der Waals surface area contributed by atoms with E-state index < -0.39 is 0 Å². The Hall–Kier alpha value is -3.79. The SMILES string of the molecule is N#Cc1ccc(-c2cnc(CCc3cccc4c3CCO4)n3cnnc23)cn1. The Bertz CT molecular complexity index is 1210. The fourth-order valence-corrected chi connectivity index (χ4v) is 3.65. The second-order valence-corrected chi connectivity index (χ2v) is 6.65. The van der Waals surface area contributed by atoms with Gasteiger partial charge in [-0.25, -0.2) is 9.97 Å². The van der Waals surface area contributed by atoms with Crippen LogP contribution in [0.4, 0.5) is 0 Å². The summed E-state index contributed by atoms with van der Waals surface area (Å²) in [5.41, 5.74) is 5.42. The van der Waals surface area contributed by atoms with Gasteiger partial charge in [-0.15, -0.1) is 10.2 Å². The Kier molecular flexibility index (Phi) is 3.95. The largest absolute Gasteiger partial charge is 0.493 e. The summed E-state index contributed by atoms with van der Waals surface area (Å²) in [6, 6.07) is 11.8. The molecular weight excluding hydrogens is 352 g/mol. The van der Waals surface area contributed by atoms with Crippen molar-refractivity contribution in [2.24, 2.45) is 0 Å². The van der Waals surface area contributed by atoms with Gasteiger partial charge in [0.15, 0.2) is 5.65 Å². The van der Waals surface area contributed by atoms with Crippen molar-refractivity contribution >= 4 is 5.65 Å². The van der Waals surface area contributed by atoms with Crippen molar-refractivity contribution in [2.45, 2.75) is 19.3 Å². The molecule has 0 radical (unpaired) electrons. The van der Waals surface area contributed by atoms with Gasteiger partial charge < -0.3 is 4.74 Å². The predicted octanol–water partition coefficient (Wildman–Crippen LogP) is 2.78. The summed E-state index contributed by atoms with van der Waals surface area (Å²) in [7, 11) is 0. The van der Waals surface area contributed by atoms with Crippen molar-refractivity contribution in [1.82, 2.24) is 24.6 Å². The number of nitrogens with zero attached hydrogens (tertiary/aromatic N) is 6. The van der Waals surface area contributed by atoms with E-state index in [1.165, 1.54) is 11.1 Å². The van der Waals surface area contributed by atoms with Crippen LogP contribution in [0, 0.1) is 11.3 Å². The van der Waals surface area contributed by atoms with Crippen LogP contribution in [-0.4, -0.2) is 31.2 Å². The summed E-state index contributed by atoms with van der Waals surface area (Å²) in [6.45, 7) is 0.758. The van der Waals surface area contributed by atoms with E-state index in [-0.39, 0.29) is 0 Å². The monoisotopic (exact) mass is 368 g/mol. The molecule has 0 saturated carbocycles. The second kappa shape index (κ2) is 6.74. The summed E-state index contributed by atoms with van der Waals surface area (Å²) >= 11 is 0. The van der Waals surface area contributed by atoms with Gasteiger partial charge in [-0.2, -0.15) is 5.26 Å². The molecule has 0 amide bonds. The molecule has 0 spiro atoms. The van der Waals surface area contributed by atoms with Crippen molar-refractivity contribution < 1.29 is 4.74 Å². The van der Waals surface area contributed by atoms with Crippen LogP contribution in [0.5, 0.6) is 5.75 Å². The number of aryl methyl sites for hydroxylation is 2. The van der Waals surface area contributed by atoms with Gasteiger partial charge in [0, 0.05) is 41.9 Å². The normalized spacial score (nSPS) is 12.5. The van der Waals surface area contributed by atoms with Gasteiger partial charge >= 0.3 is 0 Å². The highest BCUT2D eigenvalue weighted by Gasteiger charge is 2.17. The molecule has 0 saturated heterocycles. The molecule has 0 bridgehead atoms. The zero-order valence-corrected chi connectivity index (χ0v) is 15.0. The van der Waals surface area contributed by atoms with Crippen LogP contribution in [0.3, 0.4) is 0 Å². The summed E-state index contributed by atoms with van der Waals surface area (Å²) < 4.78 is 7.59. The fraction of sp³-hybridized carbons (Fsp3) is 0.190. The maximum absolute atomic E-state index is 8.93. The van der Waals surface area contributed by atoms with Crippen LogP contribution < -0.4 is 4.74 Å². The standard InChI is InChI=1S/C21H16N6O/c22-10-16-6-4-15(11-23-16)18-12-24-20(27-13-25-26-21(18)27)7-5-14-2-1-3-19-17(14)8-9-28-19/h1-4,6,11-13H,5,7-9H2. The predicted molar refractivity (Wildman–Crippen MR) is 102 cm³/mol. The van der Waals surface area contributed by atoms with E-state index in [1.54, 1.807) is 24.8 Å². The van der Waals surface area contributed by atoms with Gasteiger partial charge in [0.25, 0.3) is 0 Å². The summed E-state index contributed by atoms with van der Waals surface area (Å²) in [5.74, 6) is 1.91. The Morgan fingerprint density at radius 1 is 1.11 bits per heavy atom. The van der Waals surface area contributed by atoms with E-state index in [0.29, 0.717) is 5.69 Å². The summed E-state index contributed by atoms with van der Waals surface area (Å²) in [6.07, 6.45) is 7.78. The Balaban J connectivity index is 1.46. The minimum absolute atomic E-state index is 0.380. The molecule has 136 valence electrons. The van der Waals surface area contributed by atoms with Gasteiger partial charge in [0.2, 0.25) is 0 Å². The topological polar surface area (TPSA) is 89.0 Å². The average molecular weight is 368 g/mol. The molecule has 1 aromatic carbocycles. The van der Waals surface area contributed by atoms with E-state index in [1.807, 2.05) is 28.7 Å². The van der Waals surface area contributed by atoms with Crippen molar-refractivity contribution in [2.75, 3.05) is 6.61 Å². The number of fused-ring (bicyclic) bond motifs is 2. The van der Waals surface area contributed by atoms with Gasteiger partial charge in [-0.05, 0) is 30.2 Å². The lowest BCUT2D eigenvalue weighted by molar-refractivity contribution is 0.357. The molecule has 0 N–H and O–H groups in total. The highest BCUT2D eigenvalue weighted by atomic mass is 16.5. The van der Waals surface area contributed by atoms with Crippen molar-refractivity contribution in [3.8, 4) is 22.9 Å². The average Bonchev–Trinajstić information content (AvgIpc) is 3.42. The van der Waals surface area contributed by atoms with Crippen LogP contribution in [-0.2, 0) is 19.3 Å². The quantitative estimate of drug-likeness (QED) is 0.550. The minimum Gasteiger partial charge on any atom is -0.493 e. The highest BCUT2D eigenvalue weighted by molar-refractivity contribution is 5.76. The van der Waals surface area contributed by atoms with Gasteiger partial charge in [-0.1, -0.05) is 12.1 Å². The molecule has 0 unspecified atom stereocenters. The lowest BCUT2D eigenvalue weighted by atomic mass is 10.0. The zero-order chi connectivity index (χ0) is 18.9. The molecule has 5 rings (SSSR count). The smallest absolute Gasteiger partial charge is 0.171 e. The second-order valence-electron chi connectivity index (χ2n) is 6.65. The van der Waals surface area contributed by atoms with Crippen LogP contribution in [0.25, 0.3) is 16.8 Å². The number of pyridine rings is 1. The Labute approximate surface area is 161 Å². The lowest BCUT2D eigenvalue weighted by Crippen LogP contribution is -2.05. The number of benzene rings is 1. The molecular formula is C21H16N6O. The molecule has 7 heteroatoms. The molecule has 4 aromatic rings. The van der Waals surface area contributed by atoms with E-state index in [2.05, 4.69) is 26.2 Å². The van der Waals surface area contributed by atoms with E-state index >= 15 is 0 Å². The van der Waals surface area contributed by atoms with Crippen molar-refractivity contribution in [3.05, 3.63) is 71.7 Å². The molecule has 0 aliphatic carbocycles. The third-order valence-corrected chi connectivity index (χ3v) is 5.06. The lowest BCUT2D eigenvalue weighted by Gasteiger charge is -2.09. The molecule has 3 aromatic heterocycles. The van der Waals surface area contributed by atoms with E-state index in [0.717, 1.165) is 54.2 Å². The number of nitriles is 1. The van der Waals surface area contributed by atoms with Crippen LogP contribution in [0.15, 0.2) is 49.1 Å². The van der Waals surface area contributed by atoms with E-state index in [4.69, 9.17) is 10.00 Å². The first kappa shape index (κ1) is 16.4. The van der Waals surface area contributed by atoms with Gasteiger partial charge in [0.05, 0.1) is 6.61 Å². The third-order valence-electron chi connectivity index (χ3n) is 5.06. The number of ether oxygens (including phenoxy) is 1. The first-order valence-electron chi connectivity index (χ1n) is 9.11. The number of aromatic nitrogens is 5. The van der Waals surface area contributed by atoms with Crippen LogP contribution in [0.1, 0.15) is 22.6 Å². The molecule has 4 heterocycles. The first-order chi connectivity index (χ1) is 13.8. The zero-order valence-electron chi connectivity index (χ0n) is 15.0. The Morgan fingerprint density at radius 3 is 2.93 bits per heavy atom. The molecule has 7 nitrogen and oxygen atoms in total. The highest BCUT2D eigenvalue weighted by Crippen LogP contribution is 2.29. The maximum atomic E-state index is 8.93. The first-order valence-corrected chi connectivity index (χ1v) is 9.11. The van der Waals surface area contributed by atoms with Crippen molar-refractivity contribution in [3.63, 3.8) is 0 Å². The molecule has 0 atom stereocenters. The molecule has 28 heavy (non-hydrogen) atoms. The molecule has 1 aliphatic rings. The van der Waals surface area contributed by atoms with Crippen molar-refractivity contribution in [1.29, 1.82) is 5.26 Å². The maximum Gasteiger partial charge on any atom is 0.171 e. The summed E-state index contributed by atoms with van der Waals surface area (Å²) in [4.78, 5) is 8.80. The molecule has 0 fully saturated rings. The molecule has 1 aliphatic heterocycles. The van der Waals surface area contributed by atoms with Crippen LogP contribution >= 0.6 is 0 Å². The Morgan fingerprint density at radius 2 is 2.07 bits per heavy atom. The number of hydrogen-bond acceptors (Lipinski definition) is 6. The van der Waals surface area contributed by atoms with Crippen LogP contribution in [0.2, 0.25) is 0 Å². The van der Waals surface area contributed by atoms with Gasteiger partial charge in [-0.3, -0.25) is 4.40 Å².